The highest BCUT2D eigenvalue weighted by atomic mass is 35.5. The lowest BCUT2D eigenvalue weighted by Crippen LogP contribution is -2.37. The smallest absolute Gasteiger partial charge is 0.239 e. The molecular formula is C12H21ClN6O. The largest absolute Gasteiger partial charge is 0.358 e. The molecule has 0 saturated carbocycles. The average Bonchev–Trinajstić information content (AvgIpc) is 2.45. The SMILES string of the molecule is CCN(CC)c1nc(Cl)nc(N(CC)CC(=O)NC)n1. The summed E-state index contributed by atoms with van der Waals surface area (Å²) in [5, 5.41) is 2.71. The Balaban J connectivity index is 3.06. The molecule has 1 aromatic rings. The van der Waals surface area contributed by atoms with Crippen molar-refractivity contribution in [3.8, 4) is 0 Å². The van der Waals surface area contributed by atoms with Crippen LogP contribution in [-0.4, -0.2) is 54.1 Å². The lowest BCUT2D eigenvalue weighted by molar-refractivity contribution is -0.119. The molecule has 1 rings (SSSR count). The van der Waals surface area contributed by atoms with Crippen molar-refractivity contribution < 1.29 is 4.79 Å². The summed E-state index contributed by atoms with van der Waals surface area (Å²) in [4.78, 5) is 27.9. The van der Waals surface area contributed by atoms with E-state index >= 15 is 0 Å². The second-order valence-corrected chi connectivity index (χ2v) is 4.40. The zero-order valence-corrected chi connectivity index (χ0v) is 13.1. The number of hydrogen-bond donors (Lipinski definition) is 1. The summed E-state index contributed by atoms with van der Waals surface area (Å²) >= 11 is 5.96. The van der Waals surface area contributed by atoms with E-state index in [9.17, 15) is 4.79 Å². The highest BCUT2D eigenvalue weighted by Crippen LogP contribution is 2.16. The molecule has 0 bridgehead atoms. The fourth-order valence-electron chi connectivity index (χ4n) is 1.70. The van der Waals surface area contributed by atoms with Crippen molar-refractivity contribution in [2.75, 3.05) is 43.0 Å². The molecule has 1 heterocycles. The van der Waals surface area contributed by atoms with Crippen molar-refractivity contribution in [3.63, 3.8) is 0 Å². The van der Waals surface area contributed by atoms with Gasteiger partial charge in [0, 0.05) is 26.7 Å². The van der Waals surface area contributed by atoms with Crippen molar-refractivity contribution in [2.45, 2.75) is 20.8 Å². The first-order chi connectivity index (χ1) is 9.55. The highest BCUT2D eigenvalue weighted by Gasteiger charge is 2.16. The van der Waals surface area contributed by atoms with Crippen molar-refractivity contribution in [3.05, 3.63) is 5.28 Å². The monoisotopic (exact) mass is 300 g/mol. The maximum absolute atomic E-state index is 11.5. The number of likely N-dealkylation sites (N-methyl/N-ethyl adjacent to an activating group) is 2. The molecule has 1 amide bonds. The van der Waals surface area contributed by atoms with Gasteiger partial charge in [0.2, 0.25) is 23.1 Å². The Hall–Kier alpha value is -1.63. The van der Waals surface area contributed by atoms with Crippen molar-refractivity contribution in [1.29, 1.82) is 0 Å². The van der Waals surface area contributed by atoms with E-state index in [0.717, 1.165) is 13.1 Å². The zero-order valence-electron chi connectivity index (χ0n) is 12.4. The van der Waals surface area contributed by atoms with Gasteiger partial charge < -0.3 is 15.1 Å². The maximum Gasteiger partial charge on any atom is 0.239 e. The van der Waals surface area contributed by atoms with E-state index in [0.29, 0.717) is 18.4 Å². The van der Waals surface area contributed by atoms with Crippen molar-refractivity contribution in [2.24, 2.45) is 0 Å². The number of nitrogens with zero attached hydrogens (tertiary/aromatic N) is 5. The molecule has 0 atom stereocenters. The summed E-state index contributed by atoms with van der Waals surface area (Å²) in [6.45, 7) is 8.30. The van der Waals surface area contributed by atoms with Crippen LogP contribution >= 0.6 is 11.6 Å². The first-order valence-corrected chi connectivity index (χ1v) is 7.05. The van der Waals surface area contributed by atoms with Crippen LogP contribution in [-0.2, 0) is 4.79 Å². The van der Waals surface area contributed by atoms with Crippen LogP contribution in [0, 0.1) is 0 Å². The number of rotatable bonds is 7. The maximum atomic E-state index is 11.5. The molecular weight excluding hydrogens is 280 g/mol. The van der Waals surface area contributed by atoms with Crippen LogP contribution in [0.1, 0.15) is 20.8 Å². The van der Waals surface area contributed by atoms with Gasteiger partial charge in [-0.2, -0.15) is 15.0 Å². The molecule has 0 aliphatic rings. The first-order valence-electron chi connectivity index (χ1n) is 6.67. The predicted molar refractivity (Wildman–Crippen MR) is 80.4 cm³/mol. The van der Waals surface area contributed by atoms with E-state index in [1.54, 1.807) is 11.9 Å². The van der Waals surface area contributed by atoms with Crippen molar-refractivity contribution >= 4 is 29.4 Å². The standard InChI is InChI=1S/C12H21ClN6O/c1-5-18(6-2)11-15-10(13)16-12(17-11)19(7-3)8-9(20)14-4/h5-8H2,1-4H3,(H,14,20). The third-order valence-electron chi connectivity index (χ3n) is 2.91. The van der Waals surface area contributed by atoms with Gasteiger partial charge in [-0.25, -0.2) is 0 Å². The Morgan fingerprint density at radius 2 is 1.55 bits per heavy atom. The van der Waals surface area contributed by atoms with Gasteiger partial charge in [0.25, 0.3) is 0 Å². The number of anilines is 2. The number of amides is 1. The molecule has 0 aliphatic carbocycles. The second kappa shape index (κ2) is 7.84. The van der Waals surface area contributed by atoms with Crippen LogP contribution in [0.4, 0.5) is 11.9 Å². The summed E-state index contributed by atoms with van der Waals surface area (Å²) in [5.41, 5.74) is 0. The Kier molecular flexibility index (Phi) is 6.44. The lowest BCUT2D eigenvalue weighted by atomic mass is 10.5. The van der Waals surface area contributed by atoms with E-state index in [4.69, 9.17) is 11.6 Å². The van der Waals surface area contributed by atoms with E-state index < -0.39 is 0 Å². The van der Waals surface area contributed by atoms with Gasteiger partial charge in [-0.1, -0.05) is 0 Å². The molecule has 0 radical (unpaired) electrons. The quantitative estimate of drug-likeness (QED) is 0.808. The molecule has 0 spiro atoms. The number of carbonyl (C=O) groups excluding carboxylic acids is 1. The second-order valence-electron chi connectivity index (χ2n) is 4.06. The van der Waals surface area contributed by atoms with Crippen LogP contribution in [0.15, 0.2) is 0 Å². The number of halogens is 1. The van der Waals surface area contributed by atoms with Gasteiger partial charge >= 0.3 is 0 Å². The molecule has 1 aromatic heterocycles. The fourth-order valence-corrected chi connectivity index (χ4v) is 1.85. The third kappa shape index (κ3) is 4.19. The van der Waals surface area contributed by atoms with Gasteiger partial charge in [-0.05, 0) is 32.4 Å². The number of hydrogen-bond acceptors (Lipinski definition) is 6. The Bertz CT molecular complexity index is 452. The molecule has 0 fully saturated rings. The van der Waals surface area contributed by atoms with Gasteiger partial charge in [0.1, 0.15) is 0 Å². The van der Waals surface area contributed by atoms with E-state index in [-0.39, 0.29) is 17.7 Å². The predicted octanol–water partition coefficient (Wildman–Crippen LogP) is 0.943. The number of carbonyl (C=O) groups is 1. The van der Waals surface area contributed by atoms with Crippen LogP contribution in [0.2, 0.25) is 5.28 Å². The minimum atomic E-state index is -0.104. The Labute approximate surface area is 124 Å². The van der Waals surface area contributed by atoms with Gasteiger partial charge in [-0.3, -0.25) is 4.79 Å². The Morgan fingerprint density at radius 3 is 2.00 bits per heavy atom. The fraction of sp³-hybridized carbons (Fsp3) is 0.667. The summed E-state index contributed by atoms with van der Waals surface area (Å²) in [5.74, 6) is 0.839. The van der Waals surface area contributed by atoms with Gasteiger partial charge in [0.05, 0.1) is 6.54 Å². The molecule has 112 valence electrons. The minimum absolute atomic E-state index is 0.104. The van der Waals surface area contributed by atoms with Gasteiger partial charge in [0.15, 0.2) is 0 Å². The topological polar surface area (TPSA) is 74.2 Å². The van der Waals surface area contributed by atoms with Crippen LogP contribution in [0.25, 0.3) is 0 Å². The molecule has 0 aromatic carbocycles. The zero-order chi connectivity index (χ0) is 15.1. The van der Waals surface area contributed by atoms with E-state index in [1.807, 2.05) is 25.7 Å². The average molecular weight is 301 g/mol. The molecule has 7 nitrogen and oxygen atoms in total. The first kappa shape index (κ1) is 16.4. The molecule has 0 aliphatic heterocycles. The summed E-state index contributed by atoms with van der Waals surface area (Å²) in [6.07, 6.45) is 0. The van der Waals surface area contributed by atoms with Crippen molar-refractivity contribution in [1.82, 2.24) is 20.3 Å². The molecule has 8 heteroatoms. The van der Waals surface area contributed by atoms with Crippen LogP contribution in [0.5, 0.6) is 0 Å². The minimum Gasteiger partial charge on any atom is -0.358 e. The van der Waals surface area contributed by atoms with E-state index in [2.05, 4.69) is 20.3 Å². The molecule has 0 saturated heterocycles. The third-order valence-corrected chi connectivity index (χ3v) is 3.08. The van der Waals surface area contributed by atoms with Crippen LogP contribution in [0.3, 0.4) is 0 Å². The molecule has 0 unspecified atom stereocenters. The normalized spacial score (nSPS) is 10.2. The molecule has 1 N–H and O–H groups in total. The number of aromatic nitrogens is 3. The number of nitrogens with one attached hydrogen (secondary N) is 1. The molecule has 20 heavy (non-hydrogen) atoms. The van der Waals surface area contributed by atoms with Gasteiger partial charge in [-0.15, -0.1) is 0 Å². The summed E-state index contributed by atoms with van der Waals surface area (Å²) in [6, 6.07) is 0. The van der Waals surface area contributed by atoms with E-state index in [1.165, 1.54) is 0 Å². The summed E-state index contributed by atoms with van der Waals surface area (Å²) in [7, 11) is 1.60. The lowest BCUT2D eigenvalue weighted by Gasteiger charge is -2.23. The van der Waals surface area contributed by atoms with Crippen LogP contribution < -0.4 is 15.1 Å². The highest BCUT2D eigenvalue weighted by molar-refractivity contribution is 6.28. The summed E-state index contributed by atoms with van der Waals surface area (Å²) < 4.78 is 0. The Morgan fingerprint density at radius 1 is 1.05 bits per heavy atom.